The Labute approximate surface area is 107 Å². The first-order valence-electron chi connectivity index (χ1n) is 6.21. The number of aliphatic hydroxyl groups is 1. The molecule has 18 heavy (non-hydrogen) atoms. The van der Waals surface area contributed by atoms with Crippen LogP contribution in [-0.4, -0.2) is 48.4 Å². The molecule has 5 heteroatoms. The van der Waals surface area contributed by atoms with Gasteiger partial charge in [0.05, 0.1) is 25.9 Å². The largest absolute Gasteiger partial charge is 0.496 e. The minimum absolute atomic E-state index is 0.154. The van der Waals surface area contributed by atoms with Crippen LogP contribution in [0.4, 0.5) is 0 Å². The predicted molar refractivity (Wildman–Crippen MR) is 67.9 cm³/mol. The van der Waals surface area contributed by atoms with Crippen LogP contribution in [0.2, 0.25) is 0 Å². The molecule has 1 aromatic heterocycles. The van der Waals surface area contributed by atoms with Gasteiger partial charge in [0.15, 0.2) is 0 Å². The number of piperidine rings is 1. The van der Waals surface area contributed by atoms with Crippen molar-refractivity contribution in [3.8, 4) is 11.6 Å². The molecule has 0 bridgehead atoms. The van der Waals surface area contributed by atoms with E-state index in [4.69, 9.17) is 9.47 Å². The molecule has 0 atom stereocenters. The van der Waals surface area contributed by atoms with Gasteiger partial charge in [0.25, 0.3) is 0 Å². The van der Waals surface area contributed by atoms with Crippen LogP contribution in [0.1, 0.15) is 18.4 Å². The Kier molecular flexibility index (Phi) is 4.38. The van der Waals surface area contributed by atoms with E-state index in [1.165, 1.54) is 0 Å². The molecule has 1 saturated heterocycles. The van der Waals surface area contributed by atoms with E-state index < -0.39 is 0 Å². The summed E-state index contributed by atoms with van der Waals surface area (Å²) in [5.41, 5.74) is 0.971. The summed E-state index contributed by atoms with van der Waals surface area (Å²) in [5, 5.41) is 9.51. The summed E-state index contributed by atoms with van der Waals surface area (Å²) in [4.78, 5) is 6.49. The standard InChI is InChI=1S/C13H20N2O3/c1-17-12-3-6-14-13(18-2)11(12)9-15-7-4-10(16)5-8-15/h3,6,10,16H,4-5,7-9H2,1-2H3. The van der Waals surface area contributed by atoms with Crippen molar-refractivity contribution in [3.05, 3.63) is 17.8 Å². The fourth-order valence-electron chi connectivity index (χ4n) is 2.27. The van der Waals surface area contributed by atoms with Crippen LogP contribution in [0.3, 0.4) is 0 Å². The number of aromatic nitrogens is 1. The fraction of sp³-hybridized carbons (Fsp3) is 0.615. The molecule has 2 rings (SSSR count). The SMILES string of the molecule is COc1ccnc(OC)c1CN1CCC(O)CC1. The number of rotatable bonds is 4. The van der Waals surface area contributed by atoms with Crippen molar-refractivity contribution in [1.29, 1.82) is 0 Å². The Balaban J connectivity index is 2.12. The average molecular weight is 252 g/mol. The Morgan fingerprint density at radius 1 is 1.33 bits per heavy atom. The van der Waals surface area contributed by atoms with Crippen molar-refractivity contribution in [1.82, 2.24) is 9.88 Å². The minimum atomic E-state index is -0.154. The van der Waals surface area contributed by atoms with Crippen molar-refractivity contribution in [2.24, 2.45) is 0 Å². The van der Waals surface area contributed by atoms with Gasteiger partial charge in [0.2, 0.25) is 5.88 Å². The van der Waals surface area contributed by atoms with Gasteiger partial charge in [0, 0.05) is 25.8 Å². The summed E-state index contributed by atoms with van der Waals surface area (Å²) in [7, 11) is 3.27. The molecule has 0 amide bonds. The second-order valence-corrected chi connectivity index (χ2v) is 4.51. The lowest BCUT2D eigenvalue weighted by Crippen LogP contribution is -2.35. The number of hydrogen-bond acceptors (Lipinski definition) is 5. The van der Waals surface area contributed by atoms with Gasteiger partial charge in [-0.25, -0.2) is 4.98 Å². The molecule has 0 radical (unpaired) electrons. The van der Waals surface area contributed by atoms with Gasteiger partial charge in [-0.05, 0) is 18.9 Å². The first-order chi connectivity index (χ1) is 8.74. The van der Waals surface area contributed by atoms with Gasteiger partial charge < -0.3 is 14.6 Å². The molecule has 2 heterocycles. The van der Waals surface area contributed by atoms with E-state index in [0.717, 1.165) is 43.8 Å². The fourth-order valence-corrected chi connectivity index (χ4v) is 2.27. The third-order valence-electron chi connectivity index (χ3n) is 3.33. The highest BCUT2D eigenvalue weighted by atomic mass is 16.5. The zero-order valence-corrected chi connectivity index (χ0v) is 10.9. The topological polar surface area (TPSA) is 54.8 Å². The zero-order chi connectivity index (χ0) is 13.0. The summed E-state index contributed by atoms with van der Waals surface area (Å²) in [6.45, 7) is 2.53. The third-order valence-corrected chi connectivity index (χ3v) is 3.33. The minimum Gasteiger partial charge on any atom is -0.496 e. The van der Waals surface area contributed by atoms with Gasteiger partial charge in [-0.3, -0.25) is 4.90 Å². The molecule has 0 spiro atoms. The molecule has 0 unspecified atom stereocenters. The summed E-state index contributed by atoms with van der Waals surface area (Å²) in [6, 6.07) is 1.84. The molecule has 1 aliphatic heterocycles. The number of hydrogen-bond donors (Lipinski definition) is 1. The third kappa shape index (κ3) is 2.91. The summed E-state index contributed by atoms with van der Waals surface area (Å²) < 4.78 is 10.6. The second-order valence-electron chi connectivity index (χ2n) is 4.51. The van der Waals surface area contributed by atoms with Crippen LogP contribution in [0.15, 0.2) is 12.3 Å². The van der Waals surface area contributed by atoms with Crippen molar-refractivity contribution in [2.75, 3.05) is 27.3 Å². The zero-order valence-electron chi connectivity index (χ0n) is 10.9. The van der Waals surface area contributed by atoms with Crippen molar-refractivity contribution in [3.63, 3.8) is 0 Å². The monoisotopic (exact) mass is 252 g/mol. The molecule has 0 aliphatic carbocycles. The Hall–Kier alpha value is -1.33. The lowest BCUT2D eigenvalue weighted by molar-refractivity contribution is 0.0784. The van der Waals surface area contributed by atoms with Crippen LogP contribution in [-0.2, 0) is 6.54 Å². The van der Waals surface area contributed by atoms with Crippen molar-refractivity contribution < 1.29 is 14.6 Å². The number of ether oxygens (including phenoxy) is 2. The van der Waals surface area contributed by atoms with E-state index in [9.17, 15) is 5.11 Å². The van der Waals surface area contributed by atoms with Gasteiger partial charge >= 0.3 is 0 Å². The number of methoxy groups -OCH3 is 2. The molecule has 100 valence electrons. The van der Waals surface area contributed by atoms with Crippen LogP contribution >= 0.6 is 0 Å². The van der Waals surface area contributed by atoms with Crippen LogP contribution in [0, 0.1) is 0 Å². The normalized spacial score (nSPS) is 17.7. The maximum absolute atomic E-state index is 9.51. The molecular formula is C13H20N2O3. The number of aliphatic hydroxyl groups excluding tert-OH is 1. The molecule has 5 nitrogen and oxygen atoms in total. The molecule has 0 aromatic carbocycles. The van der Waals surface area contributed by atoms with E-state index in [1.54, 1.807) is 20.4 Å². The first-order valence-corrected chi connectivity index (χ1v) is 6.21. The quantitative estimate of drug-likeness (QED) is 0.868. The lowest BCUT2D eigenvalue weighted by Gasteiger charge is -2.30. The molecule has 0 saturated carbocycles. The van der Waals surface area contributed by atoms with Crippen LogP contribution < -0.4 is 9.47 Å². The highest BCUT2D eigenvalue weighted by Crippen LogP contribution is 2.28. The van der Waals surface area contributed by atoms with Crippen molar-refractivity contribution in [2.45, 2.75) is 25.5 Å². The number of likely N-dealkylation sites (tertiary alicyclic amines) is 1. The van der Waals surface area contributed by atoms with Crippen molar-refractivity contribution >= 4 is 0 Å². The number of nitrogens with zero attached hydrogens (tertiary/aromatic N) is 2. The predicted octanol–water partition coefficient (Wildman–Crippen LogP) is 1.06. The molecule has 1 aromatic rings. The van der Waals surface area contributed by atoms with Gasteiger partial charge in [-0.2, -0.15) is 0 Å². The molecule has 1 fully saturated rings. The highest BCUT2D eigenvalue weighted by molar-refractivity contribution is 5.39. The maximum Gasteiger partial charge on any atom is 0.221 e. The smallest absolute Gasteiger partial charge is 0.221 e. The van der Waals surface area contributed by atoms with Gasteiger partial charge in [-0.15, -0.1) is 0 Å². The van der Waals surface area contributed by atoms with Gasteiger partial charge in [-0.1, -0.05) is 0 Å². The van der Waals surface area contributed by atoms with Gasteiger partial charge in [0.1, 0.15) is 5.75 Å². The Morgan fingerprint density at radius 2 is 2.06 bits per heavy atom. The molecule has 1 aliphatic rings. The summed E-state index contributed by atoms with van der Waals surface area (Å²) >= 11 is 0. The maximum atomic E-state index is 9.51. The van der Waals surface area contributed by atoms with E-state index in [2.05, 4.69) is 9.88 Å². The summed E-state index contributed by atoms with van der Waals surface area (Å²) in [6.07, 6.45) is 3.18. The highest BCUT2D eigenvalue weighted by Gasteiger charge is 2.20. The van der Waals surface area contributed by atoms with E-state index in [-0.39, 0.29) is 6.10 Å². The van der Waals surface area contributed by atoms with E-state index >= 15 is 0 Å². The number of pyridine rings is 1. The average Bonchev–Trinajstić information content (AvgIpc) is 2.41. The molecule has 1 N–H and O–H groups in total. The lowest BCUT2D eigenvalue weighted by atomic mass is 10.1. The Bertz CT molecular complexity index is 368. The van der Waals surface area contributed by atoms with E-state index in [0.29, 0.717) is 5.88 Å². The second kappa shape index (κ2) is 6.02. The summed E-state index contributed by atoms with van der Waals surface area (Å²) in [5.74, 6) is 1.41. The van der Waals surface area contributed by atoms with Crippen LogP contribution in [0.5, 0.6) is 11.6 Å². The molecular weight excluding hydrogens is 232 g/mol. The van der Waals surface area contributed by atoms with E-state index in [1.807, 2.05) is 6.07 Å². The Morgan fingerprint density at radius 3 is 2.67 bits per heavy atom. The first kappa shape index (κ1) is 13.1. The van der Waals surface area contributed by atoms with Crippen LogP contribution in [0.25, 0.3) is 0 Å².